The predicted molar refractivity (Wildman–Crippen MR) is 119 cm³/mol. The van der Waals surface area contributed by atoms with Gasteiger partial charge in [0.05, 0.1) is 31.4 Å². The normalized spacial score (nSPS) is 12.5. The van der Waals surface area contributed by atoms with Crippen LogP contribution >= 0.6 is 11.8 Å². The van der Waals surface area contributed by atoms with Crippen molar-refractivity contribution in [3.8, 4) is 22.8 Å². The molecule has 0 aliphatic heterocycles. The Morgan fingerprint density at radius 2 is 1.88 bits per heavy atom. The van der Waals surface area contributed by atoms with Gasteiger partial charge in [0, 0.05) is 17.2 Å². The third-order valence-corrected chi connectivity index (χ3v) is 6.03. The lowest BCUT2D eigenvalue weighted by molar-refractivity contribution is -0.142. The minimum absolute atomic E-state index is 0.0953. The van der Waals surface area contributed by atoms with Gasteiger partial charge in [-0.3, -0.25) is 4.79 Å². The fraction of sp³-hybridized carbons (Fsp3) is 0.261. The average molecular weight is 475 g/mol. The number of benzene rings is 2. The van der Waals surface area contributed by atoms with Gasteiger partial charge in [-0.2, -0.15) is 13.2 Å². The van der Waals surface area contributed by atoms with Gasteiger partial charge in [-0.15, -0.1) is 0 Å². The van der Waals surface area contributed by atoms with Crippen molar-refractivity contribution in [3.63, 3.8) is 0 Å². The molecule has 4 rings (SSSR count). The molecule has 1 N–H and O–H groups in total. The van der Waals surface area contributed by atoms with Crippen LogP contribution in [0.4, 0.5) is 18.9 Å². The summed E-state index contributed by atoms with van der Waals surface area (Å²) in [6.45, 7) is 0. The maximum absolute atomic E-state index is 13.8. The molecule has 0 saturated heterocycles. The number of thioether (sulfide) groups is 1. The van der Waals surface area contributed by atoms with Crippen LogP contribution in [0.5, 0.6) is 11.5 Å². The zero-order valence-electron chi connectivity index (χ0n) is 17.8. The number of nitrogens with one attached hydrogen (secondary N) is 1. The Bertz CT molecular complexity index is 1200. The first-order chi connectivity index (χ1) is 15.8. The molecule has 0 saturated carbocycles. The van der Waals surface area contributed by atoms with Crippen LogP contribution in [0.15, 0.2) is 47.6 Å². The Labute approximate surface area is 192 Å². The summed E-state index contributed by atoms with van der Waals surface area (Å²) in [6.07, 6.45) is -3.91. The molecule has 0 radical (unpaired) electrons. The number of ether oxygens (including phenoxy) is 2. The number of alkyl halides is 3. The lowest BCUT2D eigenvalue weighted by Crippen LogP contribution is -2.19. The Balaban J connectivity index is 1.57. The molecule has 1 amide bonds. The first kappa shape index (κ1) is 22.9. The van der Waals surface area contributed by atoms with Crippen LogP contribution in [0.2, 0.25) is 0 Å². The van der Waals surface area contributed by atoms with Crippen LogP contribution in [0.3, 0.4) is 0 Å². The summed E-state index contributed by atoms with van der Waals surface area (Å²) in [7, 11) is 2.96. The van der Waals surface area contributed by atoms with Gasteiger partial charge < -0.3 is 14.8 Å². The summed E-state index contributed by atoms with van der Waals surface area (Å²) in [5.74, 6) is 0.349. The van der Waals surface area contributed by atoms with Crippen LogP contribution in [0.1, 0.15) is 16.8 Å². The van der Waals surface area contributed by atoms with Gasteiger partial charge in [0.2, 0.25) is 5.91 Å². The van der Waals surface area contributed by atoms with Gasteiger partial charge in [-0.05, 0) is 30.5 Å². The van der Waals surface area contributed by atoms with Gasteiger partial charge in [0.1, 0.15) is 11.5 Å². The van der Waals surface area contributed by atoms with Crippen molar-refractivity contribution >= 4 is 23.4 Å². The second-order valence-corrected chi connectivity index (χ2v) is 8.18. The summed E-state index contributed by atoms with van der Waals surface area (Å²) >= 11 is 0.847. The highest BCUT2D eigenvalue weighted by molar-refractivity contribution is 7.99. The van der Waals surface area contributed by atoms with Crippen LogP contribution < -0.4 is 14.8 Å². The topological polar surface area (TPSA) is 73.3 Å². The van der Waals surface area contributed by atoms with Gasteiger partial charge in [-0.25, -0.2) is 9.97 Å². The third-order valence-electron chi connectivity index (χ3n) is 5.19. The summed E-state index contributed by atoms with van der Waals surface area (Å²) in [6, 6.07) is 12.2. The van der Waals surface area contributed by atoms with E-state index < -0.39 is 17.8 Å². The SMILES string of the molecule is COc1ccc(NC(=O)CSc2nc3c(c(C(F)(F)F)n2)CCc2ccccc2-3)c(OC)c1. The Kier molecular flexibility index (Phi) is 6.46. The van der Waals surface area contributed by atoms with E-state index in [0.717, 1.165) is 17.3 Å². The summed E-state index contributed by atoms with van der Waals surface area (Å²) in [5, 5.41) is 2.59. The molecule has 0 bridgehead atoms. The highest BCUT2D eigenvalue weighted by Gasteiger charge is 2.38. The fourth-order valence-corrected chi connectivity index (χ4v) is 4.31. The minimum atomic E-state index is -4.62. The molecule has 0 atom stereocenters. The molecule has 6 nitrogen and oxygen atoms in total. The van der Waals surface area contributed by atoms with E-state index in [9.17, 15) is 18.0 Å². The molecule has 3 aromatic rings. The molecule has 172 valence electrons. The largest absolute Gasteiger partial charge is 0.497 e. The number of anilines is 1. The molecule has 0 fully saturated rings. The van der Waals surface area contributed by atoms with Crippen molar-refractivity contribution in [1.29, 1.82) is 0 Å². The molecule has 0 unspecified atom stereocenters. The number of hydrogen-bond acceptors (Lipinski definition) is 6. The average Bonchev–Trinajstić information content (AvgIpc) is 2.81. The summed E-state index contributed by atoms with van der Waals surface area (Å²) in [4.78, 5) is 20.6. The van der Waals surface area contributed by atoms with E-state index in [1.165, 1.54) is 14.2 Å². The van der Waals surface area contributed by atoms with Crippen LogP contribution in [0, 0.1) is 0 Å². The predicted octanol–water partition coefficient (Wildman–Crippen LogP) is 5.01. The van der Waals surface area contributed by atoms with Crippen molar-refractivity contribution in [2.24, 2.45) is 0 Å². The number of carbonyl (C=O) groups is 1. The number of carbonyl (C=O) groups excluding carboxylic acids is 1. The van der Waals surface area contributed by atoms with E-state index in [2.05, 4.69) is 15.3 Å². The Morgan fingerprint density at radius 3 is 2.61 bits per heavy atom. The van der Waals surface area contributed by atoms with Crippen molar-refractivity contribution < 1.29 is 27.4 Å². The smallest absolute Gasteiger partial charge is 0.433 e. The maximum atomic E-state index is 13.8. The van der Waals surface area contributed by atoms with E-state index in [0.29, 0.717) is 29.2 Å². The summed E-state index contributed by atoms with van der Waals surface area (Å²) in [5.41, 5.74) is 1.46. The number of hydrogen-bond donors (Lipinski definition) is 1. The third kappa shape index (κ3) is 4.90. The van der Waals surface area contributed by atoms with Crippen molar-refractivity contribution in [2.45, 2.75) is 24.2 Å². The van der Waals surface area contributed by atoms with Crippen molar-refractivity contribution in [1.82, 2.24) is 9.97 Å². The second-order valence-electron chi connectivity index (χ2n) is 7.24. The quantitative estimate of drug-likeness (QED) is 0.399. The summed E-state index contributed by atoms with van der Waals surface area (Å²) < 4.78 is 51.7. The molecule has 1 aromatic heterocycles. The van der Waals surface area contributed by atoms with Gasteiger partial charge >= 0.3 is 6.18 Å². The molecule has 1 heterocycles. The van der Waals surface area contributed by atoms with Crippen molar-refractivity contribution in [2.75, 3.05) is 25.3 Å². The zero-order valence-corrected chi connectivity index (χ0v) is 18.6. The molecular formula is C23H20F3N3O3S. The van der Waals surface area contributed by atoms with E-state index in [1.54, 1.807) is 30.3 Å². The second kappa shape index (κ2) is 9.30. The van der Waals surface area contributed by atoms with E-state index in [1.807, 2.05) is 12.1 Å². The van der Waals surface area contributed by atoms with Crippen molar-refractivity contribution in [3.05, 3.63) is 59.3 Å². The number of halogens is 3. The number of nitrogens with zero attached hydrogens (tertiary/aromatic N) is 2. The molecular weight excluding hydrogens is 455 g/mol. The van der Waals surface area contributed by atoms with Crippen LogP contribution in [0.25, 0.3) is 11.3 Å². The number of amides is 1. The maximum Gasteiger partial charge on any atom is 0.433 e. The molecule has 0 spiro atoms. The van der Waals surface area contributed by atoms with E-state index in [4.69, 9.17) is 9.47 Å². The fourth-order valence-electron chi connectivity index (χ4n) is 3.67. The number of fused-ring (bicyclic) bond motifs is 3. The number of aromatic nitrogens is 2. The molecule has 33 heavy (non-hydrogen) atoms. The minimum Gasteiger partial charge on any atom is -0.497 e. The number of rotatable bonds is 6. The van der Waals surface area contributed by atoms with Gasteiger partial charge in [0.25, 0.3) is 0 Å². The first-order valence-corrected chi connectivity index (χ1v) is 11.0. The zero-order chi connectivity index (χ0) is 23.6. The van der Waals surface area contributed by atoms with Crippen LogP contribution in [-0.2, 0) is 23.8 Å². The van der Waals surface area contributed by atoms with Crippen LogP contribution in [-0.4, -0.2) is 35.8 Å². The van der Waals surface area contributed by atoms with Gasteiger partial charge in [-0.1, -0.05) is 36.0 Å². The number of methoxy groups -OCH3 is 2. The number of aryl methyl sites for hydroxylation is 1. The van der Waals surface area contributed by atoms with Gasteiger partial charge in [0.15, 0.2) is 10.9 Å². The van der Waals surface area contributed by atoms with E-state index in [-0.39, 0.29) is 28.6 Å². The molecule has 10 heteroatoms. The molecule has 1 aliphatic rings. The standard InChI is InChI=1S/C23H20F3N3O3S/c1-31-14-8-10-17(18(11-14)32-2)27-19(30)12-33-22-28-20-15-6-4-3-5-13(15)7-9-16(20)21(29-22)23(24,25)26/h3-6,8,10-11H,7,9,12H2,1-2H3,(H,27,30). The first-order valence-electron chi connectivity index (χ1n) is 10.0. The highest BCUT2D eigenvalue weighted by Crippen LogP contribution is 2.40. The molecule has 1 aliphatic carbocycles. The monoisotopic (exact) mass is 475 g/mol. The highest BCUT2D eigenvalue weighted by atomic mass is 32.2. The van der Waals surface area contributed by atoms with E-state index >= 15 is 0 Å². The lowest BCUT2D eigenvalue weighted by atomic mass is 9.88. The lowest BCUT2D eigenvalue weighted by Gasteiger charge is -2.22. The molecule has 2 aromatic carbocycles. The Morgan fingerprint density at radius 1 is 1.09 bits per heavy atom. The Hall–Kier alpha value is -3.27.